The monoisotopic (exact) mass is 180 g/mol. The number of amides is 1. The number of hydrogen-bond donors (Lipinski definition) is 1. The Bertz CT molecular complexity index is 243. The van der Waals surface area contributed by atoms with Gasteiger partial charge in [-0.05, 0) is 31.6 Å². The van der Waals surface area contributed by atoms with E-state index in [1.165, 1.54) is 19.3 Å². The molecule has 2 aliphatic carbocycles. The van der Waals surface area contributed by atoms with Crippen molar-refractivity contribution in [2.24, 2.45) is 5.92 Å². The molecule has 3 aliphatic rings. The Kier molecular flexibility index (Phi) is 1.48. The maximum absolute atomic E-state index is 11.8. The second kappa shape index (κ2) is 2.47. The van der Waals surface area contributed by atoms with E-state index in [9.17, 15) is 4.79 Å². The first-order chi connectivity index (χ1) is 6.30. The van der Waals surface area contributed by atoms with Crippen molar-refractivity contribution in [1.82, 2.24) is 10.2 Å². The molecule has 1 N–H and O–H groups in total. The van der Waals surface area contributed by atoms with Gasteiger partial charge >= 0.3 is 0 Å². The van der Waals surface area contributed by atoms with E-state index >= 15 is 0 Å². The van der Waals surface area contributed by atoms with Crippen LogP contribution in [0.2, 0.25) is 0 Å². The Morgan fingerprint density at radius 1 is 1.46 bits per heavy atom. The van der Waals surface area contributed by atoms with Crippen molar-refractivity contribution in [2.45, 2.75) is 37.6 Å². The molecule has 72 valence electrons. The Morgan fingerprint density at radius 3 is 2.69 bits per heavy atom. The predicted octanol–water partition coefficient (Wildman–Crippen LogP) is 0.708. The summed E-state index contributed by atoms with van der Waals surface area (Å²) >= 11 is 0. The molecule has 0 radical (unpaired) electrons. The van der Waals surface area contributed by atoms with Crippen molar-refractivity contribution in [3.8, 4) is 0 Å². The molecule has 3 rings (SSSR count). The zero-order valence-corrected chi connectivity index (χ0v) is 7.88. The fourth-order valence-corrected chi connectivity index (χ4v) is 2.35. The van der Waals surface area contributed by atoms with Gasteiger partial charge in [0.1, 0.15) is 0 Å². The van der Waals surface area contributed by atoms with Gasteiger partial charge in [-0.1, -0.05) is 6.42 Å². The quantitative estimate of drug-likeness (QED) is 0.678. The van der Waals surface area contributed by atoms with Crippen LogP contribution < -0.4 is 5.32 Å². The first-order valence-corrected chi connectivity index (χ1v) is 5.35. The van der Waals surface area contributed by atoms with Crippen molar-refractivity contribution in [3.05, 3.63) is 0 Å². The van der Waals surface area contributed by atoms with Crippen LogP contribution in [0.15, 0.2) is 0 Å². The molecule has 0 aromatic carbocycles. The normalized spacial score (nSPS) is 31.1. The largest absolute Gasteiger partial charge is 0.328 e. The lowest BCUT2D eigenvalue weighted by Crippen LogP contribution is -2.36. The number of rotatable bonds is 2. The summed E-state index contributed by atoms with van der Waals surface area (Å²) in [5, 5.41) is 3.34. The third-order valence-corrected chi connectivity index (χ3v) is 3.76. The van der Waals surface area contributed by atoms with Gasteiger partial charge in [-0.2, -0.15) is 0 Å². The standard InChI is InChI=1S/C10H16N2O/c13-9-10(4-5-10)11-7-12(9)6-8-2-1-3-8/h8,11H,1-7H2. The van der Waals surface area contributed by atoms with E-state index in [-0.39, 0.29) is 5.54 Å². The molecule has 2 saturated carbocycles. The summed E-state index contributed by atoms with van der Waals surface area (Å²) in [6.45, 7) is 1.81. The number of nitrogens with zero attached hydrogens (tertiary/aromatic N) is 1. The Balaban J connectivity index is 1.62. The average Bonchev–Trinajstić information content (AvgIpc) is 2.75. The van der Waals surface area contributed by atoms with Gasteiger partial charge in [0.25, 0.3) is 0 Å². The lowest BCUT2D eigenvalue weighted by atomic mass is 9.85. The molecule has 1 heterocycles. The maximum atomic E-state index is 11.8. The van der Waals surface area contributed by atoms with Gasteiger partial charge in [-0.15, -0.1) is 0 Å². The summed E-state index contributed by atoms with van der Waals surface area (Å²) < 4.78 is 0. The van der Waals surface area contributed by atoms with Crippen LogP contribution in [0.1, 0.15) is 32.1 Å². The molecule has 1 spiro atoms. The molecular formula is C10H16N2O. The van der Waals surface area contributed by atoms with Gasteiger partial charge in [-0.25, -0.2) is 0 Å². The van der Waals surface area contributed by atoms with Crippen LogP contribution in [0.3, 0.4) is 0 Å². The van der Waals surface area contributed by atoms with Crippen molar-refractivity contribution in [2.75, 3.05) is 13.2 Å². The molecule has 0 aromatic rings. The second-order valence-corrected chi connectivity index (χ2v) is 4.74. The highest BCUT2D eigenvalue weighted by atomic mass is 16.2. The lowest BCUT2D eigenvalue weighted by molar-refractivity contribution is -0.130. The van der Waals surface area contributed by atoms with E-state index in [2.05, 4.69) is 5.32 Å². The maximum Gasteiger partial charge on any atom is 0.243 e. The molecule has 3 heteroatoms. The van der Waals surface area contributed by atoms with Crippen LogP contribution in [0.5, 0.6) is 0 Å². The summed E-state index contributed by atoms with van der Waals surface area (Å²) in [7, 11) is 0. The Labute approximate surface area is 78.5 Å². The first kappa shape index (κ1) is 7.80. The first-order valence-electron chi connectivity index (χ1n) is 5.35. The summed E-state index contributed by atoms with van der Waals surface area (Å²) in [4.78, 5) is 13.9. The van der Waals surface area contributed by atoms with Crippen molar-refractivity contribution in [3.63, 3.8) is 0 Å². The highest BCUT2D eigenvalue weighted by molar-refractivity contribution is 5.91. The van der Waals surface area contributed by atoms with Crippen LogP contribution in [0.4, 0.5) is 0 Å². The number of carbonyl (C=O) groups is 1. The SMILES string of the molecule is O=C1N(CC2CCC2)CNC12CC2. The lowest BCUT2D eigenvalue weighted by Gasteiger charge is -2.29. The molecule has 0 unspecified atom stereocenters. The van der Waals surface area contributed by atoms with Gasteiger partial charge in [-0.3, -0.25) is 10.1 Å². The molecule has 0 bridgehead atoms. The zero-order valence-electron chi connectivity index (χ0n) is 7.88. The molecule has 3 fully saturated rings. The smallest absolute Gasteiger partial charge is 0.243 e. The van der Waals surface area contributed by atoms with E-state index in [0.717, 1.165) is 32.0 Å². The third-order valence-electron chi connectivity index (χ3n) is 3.76. The van der Waals surface area contributed by atoms with E-state index in [0.29, 0.717) is 5.91 Å². The number of nitrogens with one attached hydrogen (secondary N) is 1. The number of carbonyl (C=O) groups excluding carboxylic acids is 1. The zero-order chi connectivity index (χ0) is 8.89. The summed E-state index contributed by atoms with van der Waals surface area (Å²) in [6.07, 6.45) is 6.15. The predicted molar refractivity (Wildman–Crippen MR) is 49.0 cm³/mol. The minimum Gasteiger partial charge on any atom is -0.328 e. The van der Waals surface area contributed by atoms with Crippen LogP contribution >= 0.6 is 0 Å². The van der Waals surface area contributed by atoms with Crippen molar-refractivity contribution in [1.29, 1.82) is 0 Å². The molecule has 1 amide bonds. The molecule has 0 atom stereocenters. The van der Waals surface area contributed by atoms with E-state index in [4.69, 9.17) is 0 Å². The molecule has 1 saturated heterocycles. The van der Waals surface area contributed by atoms with Gasteiger partial charge in [0.05, 0.1) is 12.2 Å². The van der Waals surface area contributed by atoms with Gasteiger partial charge in [0.15, 0.2) is 0 Å². The molecular weight excluding hydrogens is 164 g/mol. The average molecular weight is 180 g/mol. The molecule has 13 heavy (non-hydrogen) atoms. The van der Waals surface area contributed by atoms with Crippen LogP contribution in [0, 0.1) is 5.92 Å². The van der Waals surface area contributed by atoms with Crippen LogP contribution in [-0.2, 0) is 4.79 Å². The molecule has 3 nitrogen and oxygen atoms in total. The van der Waals surface area contributed by atoms with Crippen LogP contribution in [0.25, 0.3) is 0 Å². The van der Waals surface area contributed by atoms with Crippen LogP contribution in [-0.4, -0.2) is 29.6 Å². The Hall–Kier alpha value is -0.570. The van der Waals surface area contributed by atoms with Gasteiger partial charge in [0, 0.05) is 6.54 Å². The highest BCUT2D eigenvalue weighted by Gasteiger charge is 2.55. The topological polar surface area (TPSA) is 32.3 Å². The Morgan fingerprint density at radius 2 is 2.23 bits per heavy atom. The van der Waals surface area contributed by atoms with E-state index in [1.807, 2.05) is 4.90 Å². The molecule has 1 aliphatic heterocycles. The summed E-state index contributed by atoms with van der Waals surface area (Å²) in [6, 6.07) is 0. The third kappa shape index (κ3) is 1.10. The summed E-state index contributed by atoms with van der Waals surface area (Å²) in [5.74, 6) is 1.18. The molecule has 0 aromatic heterocycles. The van der Waals surface area contributed by atoms with E-state index < -0.39 is 0 Å². The minimum absolute atomic E-state index is 0.0796. The van der Waals surface area contributed by atoms with Gasteiger partial charge in [0.2, 0.25) is 5.91 Å². The van der Waals surface area contributed by atoms with E-state index in [1.54, 1.807) is 0 Å². The highest BCUT2D eigenvalue weighted by Crippen LogP contribution is 2.41. The number of hydrogen-bond acceptors (Lipinski definition) is 2. The summed E-state index contributed by atoms with van der Waals surface area (Å²) in [5.41, 5.74) is -0.0796. The van der Waals surface area contributed by atoms with Gasteiger partial charge < -0.3 is 4.90 Å². The van der Waals surface area contributed by atoms with Crippen molar-refractivity contribution >= 4 is 5.91 Å². The second-order valence-electron chi connectivity index (χ2n) is 4.74. The fraction of sp³-hybridized carbons (Fsp3) is 0.900. The van der Waals surface area contributed by atoms with Crippen molar-refractivity contribution < 1.29 is 4.79 Å². The minimum atomic E-state index is -0.0796. The fourth-order valence-electron chi connectivity index (χ4n) is 2.35.